The molecule has 0 saturated heterocycles. The van der Waals surface area contributed by atoms with E-state index >= 15 is 0 Å². The van der Waals surface area contributed by atoms with Gasteiger partial charge in [0.25, 0.3) is 0 Å². The molecule has 1 atom stereocenters. The molecule has 0 amide bonds. The lowest BCUT2D eigenvalue weighted by Gasteiger charge is -2.17. The Hall–Kier alpha value is -1.21. The number of aryl methyl sites for hydroxylation is 3. The number of nitrogens with zero attached hydrogens (tertiary/aromatic N) is 5. The van der Waals surface area contributed by atoms with E-state index in [0.29, 0.717) is 0 Å². The zero-order valence-electron chi connectivity index (χ0n) is 11.7. The van der Waals surface area contributed by atoms with Crippen LogP contribution in [-0.4, -0.2) is 31.8 Å². The minimum atomic E-state index is 0.0159. The summed E-state index contributed by atoms with van der Waals surface area (Å²) < 4.78 is 4.57. The summed E-state index contributed by atoms with van der Waals surface area (Å²) in [6.07, 6.45) is 0.932. The molecule has 0 fully saturated rings. The van der Waals surface area contributed by atoms with Gasteiger partial charge < -0.3 is 5.32 Å². The summed E-state index contributed by atoms with van der Waals surface area (Å²) in [7, 11) is 3.83. The van der Waals surface area contributed by atoms with Crippen molar-refractivity contribution in [1.29, 1.82) is 0 Å². The number of halogens is 1. The van der Waals surface area contributed by atoms with Crippen LogP contribution in [0.1, 0.15) is 37.0 Å². The molecule has 0 radical (unpaired) electrons. The van der Waals surface area contributed by atoms with Crippen molar-refractivity contribution in [3.63, 3.8) is 0 Å². The first-order chi connectivity index (χ1) is 9.12. The molecule has 104 valence electrons. The van der Waals surface area contributed by atoms with Crippen LogP contribution in [0.2, 0.25) is 0 Å². The van der Waals surface area contributed by atoms with Gasteiger partial charge in [0.1, 0.15) is 0 Å². The highest BCUT2D eigenvalue weighted by Crippen LogP contribution is 2.27. The summed E-state index contributed by atoms with van der Waals surface area (Å²) in [6.45, 7) is 5.05. The molecule has 2 aromatic rings. The number of nitrogens with one attached hydrogen (secondary N) is 1. The highest BCUT2D eigenvalue weighted by Gasteiger charge is 2.24. The van der Waals surface area contributed by atoms with Crippen LogP contribution in [-0.2, 0) is 20.0 Å². The molecule has 0 bridgehead atoms. The highest BCUT2D eigenvalue weighted by molar-refractivity contribution is 9.10. The fraction of sp³-hybridized carbons (Fsp3) is 0.583. The Bertz CT molecular complexity index is 539. The molecule has 0 aliphatic carbocycles. The maximum Gasteiger partial charge on any atom is 0.153 e. The minimum absolute atomic E-state index is 0.0159. The molecular weight excluding hydrogens is 308 g/mol. The zero-order chi connectivity index (χ0) is 14.0. The lowest BCUT2D eigenvalue weighted by atomic mass is 10.1. The number of rotatable bonds is 5. The largest absolute Gasteiger partial charge is 0.307 e. The van der Waals surface area contributed by atoms with Crippen molar-refractivity contribution in [2.75, 3.05) is 7.05 Å². The van der Waals surface area contributed by atoms with Crippen LogP contribution in [0, 0.1) is 0 Å². The summed E-state index contributed by atoms with van der Waals surface area (Å²) in [5.41, 5.74) is 3.23. The van der Waals surface area contributed by atoms with Crippen molar-refractivity contribution < 1.29 is 0 Å². The van der Waals surface area contributed by atoms with Crippen LogP contribution >= 0.6 is 15.9 Å². The van der Waals surface area contributed by atoms with Crippen LogP contribution in [0.3, 0.4) is 0 Å². The first-order valence-electron chi connectivity index (χ1n) is 6.41. The van der Waals surface area contributed by atoms with Gasteiger partial charge in [-0.05, 0) is 42.4 Å². The minimum Gasteiger partial charge on any atom is -0.307 e. The molecule has 1 N–H and O–H groups in total. The van der Waals surface area contributed by atoms with E-state index in [2.05, 4.69) is 56.6 Å². The van der Waals surface area contributed by atoms with Crippen molar-refractivity contribution in [1.82, 2.24) is 30.1 Å². The average Bonchev–Trinajstić information content (AvgIpc) is 2.97. The molecule has 19 heavy (non-hydrogen) atoms. The first-order valence-corrected chi connectivity index (χ1v) is 7.20. The van der Waals surface area contributed by atoms with Gasteiger partial charge in [-0.1, -0.05) is 12.1 Å². The Morgan fingerprint density at radius 2 is 2.16 bits per heavy atom. The molecule has 0 aliphatic rings. The Kier molecular flexibility index (Phi) is 4.36. The lowest BCUT2D eigenvalue weighted by Crippen LogP contribution is -2.24. The van der Waals surface area contributed by atoms with Crippen LogP contribution in [0.25, 0.3) is 0 Å². The molecule has 1 unspecified atom stereocenters. The second kappa shape index (κ2) is 5.83. The quantitative estimate of drug-likeness (QED) is 0.907. The van der Waals surface area contributed by atoms with Crippen molar-refractivity contribution in [3.8, 4) is 0 Å². The smallest absolute Gasteiger partial charge is 0.153 e. The van der Waals surface area contributed by atoms with E-state index in [1.54, 1.807) is 4.68 Å². The maximum absolute atomic E-state index is 4.60. The van der Waals surface area contributed by atoms with Gasteiger partial charge in [-0.15, -0.1) is 5.10 Å². The van der Waals surface area contributed by atoms with Crippen molar-refractivity contribution >= 4 is 15.9 Å². The van der Waals surface area contributed by atoms with Gasteiger partial charge in [0.15, 0.2) is 4.60 Å². The van der Waals surface area contributed by atoms with E-state index in [1.165, 1.54) is 0 Å². The molecule has 2 rings (SSSR count). The van der Waals surface area contributed by atoms with Gasteiger partial charge in [0.2, 0.25) is 0 Å². The third-order valence-corrected chi connectivity index (χ3v) is 3.77. The monoisotopic (exact) mass is 326 g/mol. The molecule has 2 heterocycles. The first kappa shape index (κ1) is 14.2. The third-order valence-electron chi connectivity index (χ3n) is 3.21. The van der Waals surface area contributed by atoms with E-state index in [1.807, 2.05) is 18.8 Å². The van der Waals surface area contributed by atoms with E-state index in [4.69, 9.17) is 0 Å². The van der Waals surface area contributed by atoms with E-state index in [0.717, 1.165) is 34.7 Å². The fourth-order valence-electron chi connectivity index (χ4n) is 2.22. The lowest BCUT2D eigenvalue weighted by molar-refractivity contribution is 0.531. The molecule has 7 heteroatoms. The predicted molar refractivity (Wildman–Crippen MR) is 76.9 cm³/mol. The Morgan fingerprint density at radius 1 is 1.42 bits per heavy atom. The van der Waals surface area contributed by atoms with Crippen LogP contribution in [0.4, 0.5) is 0 Å². The van der Waals surface area contributed by atoms with Gasteiger partial charge in [-0.3, -0.25) is 4.68 Å². The third kappa shape index (κ3) is 2.57. The van der Waals surface area contributed by atoms with Crippen molar-refractivity contribution in [3.05, 3.63) is 27.8 Å². The van der Waals surface area contributed by atoms with Crippen molar-refractivity contribution in [2.24, 2.45) is 7.05 Å². The van der Waals surface area contributed by atoms with Gasteiger partial charge in [-0.25, -0.2) is 4.68 Å². The fourth-order valence-corrected chi connectivity index (χ4v) is 2.77. The average molecular weight is 327 g/mol. The van der Waals surface area contributed by atoms with E-state index < -0.39 is 0 Å². The van der Waals surface area contributed by atoms with Gasteiger partial charge >= 0.3 is 0 Å². The molecule has 0 saturated carbocycles. The second-order valence-corrected chi connectivity index (χ2v) is 5.09. The number of hydrogen-bond donors (Lipinski definition) is 1. The highest BCUT2D eigenvalue weighted by atomic mass is 79.9. The van der Waals surface area contributed by atoms with Gasteiger partial charge in [0.05, 0.1) is 23.1 Å². The topological polar surface area (TPSA) is 60.6 Å². The normalized spacial score (nSPS) is 12.9. The van der Waals surface area contributed by atoms with Gasteiger partial charge in [0, 0.05) is 13.6 Å². The van der Waals surface area contributed by atoms with Crippen LogP contribution < -0.4 is 5.32 Å². The molecule has 0 aromatic carbocycles. The van der Waals surface area contributed by atoms with E-state index in [9.17, 15) is 0 Å². The summed E-state index contributed by atoms with van der Waals surface area (Å²) in [4.78, 5) is 0. The SMILES string of the molecule is CCc1cc(C(NC)c2c(Br)nnn2C)n(CC)n1. The van der Waals surface area contributed by atoms with Crippen molar-refractivity contribution in [2.45, 2.75) is 32.9 Å². The molecule has 6 nitrogen and oxygen atoms in total. The zero-order valence-corrected chi connectivity index (χ0v) is 13.3. The second-order valence-electron chi connectivity index (χ2n) is 4.34. The summed E-state index contributed by atoms with van der Waals surface area (Å²) >= 11 is 3.46. The molecule has 0 aliphatic heterocycles. The number of aromatic nitrogens is 5. The van der Waals surface area contributed by atoms with Crippen LogP contribution in [0.15, 0.2) is 10.7 Å². The Balaban J connectivity index is 2.50. The predicted octanol–water partition coefficient (Wildman–Crippen LogP) is 1.67. The summed E-state index contributed by atoms with van der Waals surface area (Å²) in [6, 6.07) is 2.16. The molecule has 0 spiro atoms. The van der Waals surface area contributed by atoms with Gasteiger partial charge in [-0.2, -0.15) is 5.10 Å². The molecule has 2 aromatic heterocycles. The summed E-state index contributed by atoms with van der Waals surface area (Å²) in [5, 5.41) is 16.0. The standard InChI is InChI=1S/C12H19BrN6/c1-5-8-7-9(19(6-2)16-8)10(14-3)11-12(13)15-17-18(11)4/h7,10,14H,5-6H2,1-4H3. The van der Waals surface area contributed by atoms with Crippen LogP contribution in [0.5, 0.6) is 0 Å². The number of hydrogen-bond acceptors (Lipinski definition) is 4. The summed E-state index contributed by atoms with van der Waals surface area (Å²) in [5.74, 6) is 0. The Labute approximate surface area is 121 Å². The molecular formula is C12H19BrN6. The maximum atomic E-state index is 4.60. The Morgan fingerprint density at radius 3 is 2.63 bits per heavy atom. The van der Waals surface area contributed by atoms with E-state index in [-0.39, 0.29) is 6.04 Å².